The van der Waals surface area contributed by atoms with E-state index in [0.717, 1.165) is 18.6 Å². The third-order valence-corrected chi connectivity index (χ3v) is 5.35. The fraction of sp³-hybridized carbons (Fsp3) is 0.421. The van der Waals surface area contributed by atoms with Gasteiger partial charge in [-0.15, -0.1) is 0 Å². The van der Waals surface area contributed by atoms with Crippen molar-refractivity contribution in [3.8, 4) is 0 Å². The number of nitrogens with zero attached hydrogens (tertiary/aromatic N) is 1. The highest BCUT2D eigenvalue weighted by Crippen LogP contribution is 2.31. The highest BCUT2D eigenvalue weighted by Gasteiger charge is 2.29. The van der Waals surface area contributed by atoms with Crippen molar-refractivity contribution >= 4 is 34.6 Å². The van der Waals surface area contributed by atoms with Crippen molar-refractivity contribution in [2.24, 2.45) is 0 Å². The molecule has 3 rings (SSSR count). The Morgan fingerprint density at radius 2 is 2.08 bits per heavy atom. The van der Waals surface area contributed by atoms with Crippen molar-refractivity contribution in [3.05, 3.63) is 53.2 Å². The second-order valence-electron chi connectivity index (χ2n) is 6.45. The lowest BCUT2D eigenvalue weighted by atomic mass is 9.93. The minimum Gasteiger partial charge on any atom is -0.467 e. The van der Waals surface area contributed by atoms with E-state index in [4.69, 9.17) is 28.2 Å². The summed E-state index contributed by atoms with van der Waals surface area (Å²) >= 11 is 11.6. The molecular formula is C19H22ClFN2OS. The normalized spacial score (nSPS) is 16.4. The molecule has 1 aliphatic rings. The van der Waals surface area contributed by atoms with Crippen LogP contribution >= 0.6 is 23.8 Å². The minimum absolute atomic E-state index is 0.0222. The van der Waals surface area contributed by atoms with Crippen molar-refractivity contribution in [1.29, 1.82) is 0 Å². The number of furan rings is 1. The van der Waals surface area contributed by atoms with Crippen LogP contribution in [0.4, 0.5) is 10.1 Å². The molecule has 1 unspecified atom stereocenters. The third-order valence-electron chi connectivity index (χ3n) is 4.75. The number of hydrogen-bond acceptors (Lipinski definition) is 2. The summed E-state index contributed by atoms with van der Waals surface area (Å²) in [6.07, 6.45) is 7.58. The quantitative estimate of drug-likeness (QED) is 0.642. The fourth-order valence-corrected chi connectivity index (χ4v) is 4.05. The molecule has 1 N–H and O–H groups in total. The van der Waals surface area contributed by atoms with E-state index in [2.05, 4.69) is 17.1 Å². The summed E-state index contributed by atoms with van der Waals surface area (Å²) in [5.74, 6) is 0.443. The lowest BCUT2D eigenvalue weighted by molar-refractivity contribution is 0.186. The van der Waals surface area contributed by atoms with Crippen LogP contribution in [0.1, 0.15) is 50.8 Å². The van der Waals surface area contributed by atoms with Gasteiger partial charge in [0.25, 0.3) is 0 Å². The zero-order valence-electron chi connectivity index (χ0n) is 14.2. The molecule has 1 fully saturated rings. The number of anilines is 1. The van der Waals surface area contributed by atoms with Gasteiger partial charge in [-0.05, 0) is 62.3 Å². The highest BCUT2D eigenvalue weighted by atomic mass is 35.5. The lowest BCUT2D eigenvalue weighted by Crippen LogP contribution is -2.45. The van der Waals surface area contributed by atoms with Gasteiger partial charge < -0.3 is 14.6 Å². The first-order valence-corrected chi connectivity index (χ1v) is 9.42. The van der Waals surface area contributed by atoms with E-state index in [1.807, 2.05) is 12.1 Å². The maximum atomic E-state index is 13.4. The lowest BCUT2D eigenvalue weighted by Gasteiger charge is -2.39. The van der Waals surface area contributed by atoms with Crippen molar-refractivity contribution in [3.63, 3.8) is 0 Å². The summed E-state index contributed by atoms with van der Waals surface area (Å²) in [7, 11) is 0. The number of nitrogens with one attached hydrogen (secondary N) is 1. The van der Waals surface area contributed by atoms with E-state index in [0.29, 0.717) is 16.8 Å². The van der Waals surface area contributed by atoms with E-state index in [1.54, 1.807) is 18.4 Å². The van der Waals surface area contributed by atoms with Crippen LogP contribution in [0.25, 0.3) is 0 Å². The fourth-order valence-electron chi connectivity index (χ4n) is 3.45. The Balaban J connectivity index is 1.82. The van der Waals surface area contributed by atoms with E-state index < -0.39 is 5.82 Å². The average molecular weight is 381 g/mol. The second kappa shape index (κ2) is 8.19. The van der Waals surface area contributed by atoms with Crippen LogP contribution in [-0.4, -0.2) is 16.1 Å². The SMILES string of the molecule is CC(c1ccco1)N(C(=S)Nc1ccc(F)c(Cl)c1)C1CCCCC1. The molecule has 3 nitrogen and oxygen atoms in total. The standard InChI is InChI=1S/C19H22ClFN2OS/c1-13(18-8-5-11-24-18)23(15-6-3-2-4-7-15)19(25)22-14-9-10-17(21)16(20)12-14/h5,8-13,15H,2-4,6-7H2,1H3,(H,22,25). The summed E-state index contributed by atoms with van der Waals surface area (Å²) in [4.78, 5) is 2.21. The molecule has 1 heterocycles. The van der Waals surface area contributed by atoms with Crippen LogP contribution in [-0.2, 0) is 0 Å². The van der Waals surface area contributed by atoms with Gasteiger partial charge in [-0.2, -0.15) is 0 Å². The van der Waals surface area contributed by atoms with Gasteiger partial charge in [-0.1, -0.05) is 30.9 Å². The number of thiocarbonyl (C=S) groups is 1. The maximum Gasteiger partial charge on any atom is 0.174 e. The molecule has 0 aliphatic heterocycles. The van der Waals surface area contributed by atoms with Gasteiger partial charge in [-0.3, -0.25) is 0 Å². The van der Waals surface area contributed by atoms with Crippen LogP contribution in [0.2, 0.25) is 5.02 Å². The number of halogens is 2. The second-order valence-corrected chi connectivity index (χ2v) is 7.24. The van der Waals surface area contributed by atoms with Crippen LogP contribution in [0.5, 0.6) is 0 Å². The van der Waals surface area contributed by atoms with Crippen LogP contribution in [0, 0.1) is 5.82 Å². The predicted octanol–water partition coefficient (Wildman–Crippen LogP) is 6.16. The summed E-state index contributed by atoms with van der Waals surface area (Å²) in [5, 5.41) is 3.90. The first kappa shape index (κ1) is 18.2. The summed E-state index contributed by atoms with van der Waals surface area (Å²) in [6.45, 7) is 2.10. The number of rotatable bonds is 4. The predicted molar refractivity (Wildman–Crippen MR) is 103 cm³/mol. The Morgan fingerprint density at radius 3 is 2.72 bits per heavy atom. The Bertz CT molecular complexity index is 716. The third kappa shape index (κ3) is 4.33. The molecule has 0 spiro atoms. The van der Waals surface area contributed by atoms with Gasteiger partial charge >= 0.3 is 0 Å². The van der Waals surface area contributed by atoms with Gasteiger partial charge in [0.05, 0.1) is 17.3 Å². The van der Waals surface area contributed by atoms with Crippen molar-refractivity contribution < 1.29 is 8.81 Å². The minimum atomic E-state index is -0.439. The summed E-state index contributed by atoms with van der Waals surface area (Å²) < 4.78 is 19.0. The zero-order valence-corrected chi connectivity index (χ0v) is 15.7. The largest absolute Gasteiger partial charge is 0.467 e. The van der Waals surface area contributed by atoms with Gasteiger partial charge in [0.15, 0.2) is 5.11 Å². The first-order chi connectivity index (χ1) is 12.1. The molecule has 0 bridgehead atoms. The molecule has 1 aromatic carbocycles. The summed E-state index contributed by atoms with van der Waals surface area (Å²) in [5.41, 5.74) is 0.684. The van der Waals surface area contributed by atoms with Gasteiger partial charge in [0.1, 0.15) is 11.6 Å². The van der Waals surface area contributed by atoms with Gasteiger partial charge in [0, 0.05) is 11.7 Å². The van der Waals surface area contributed by atoms with Crippen molar-refractivity contribution in [2.45, 2.75) is 51.1 Å². The van der Waals surface area contributed by atoms with Crippen LogP contribution in [0.3, 0.4) is 0 Å². The summed E-state index contributed by atoms with van der Waals surface area (Å²) in [6, 6.07) is 8.79. The molecule has 6 heteroatoms. The smallest absolute Gasteiger partial charge is 0.174 e. The Morgan fingerprint density at radius 1 is 1.32 bits per heavy atom. The highest BCUT2D eigenvalue weighted by molar-refractivity contribution is 7.80. The molecular weight excluding hydrogens is 359 g/mol. The zero-order chi connectivity index (χ0) is 17.8. The number of hydrogen-bond donors (Lipinski definition) is 1. The molecule has 1 atom stereocenters. The molecule has 2 aromatic rings. The molecule has 1 aliphatic carbocycles. The van der Waals surface area contributed by atoms with Gasteiger partial charge in [-0.25, -0.2) is 4.39 Å². The Kier molecular flexibility index (Phi) is 5.97. The Labute approximate surface area is 158 Å². The molecule has 0 saturated heterocycles. The topological polar surface area (TPSA) is 28.4 Å². The molecule has 0 amide bonds. The van der Waals surface area contributed by atoms with Gasteiger partial charge in [0.2, 0.25) is 0 Å². The van der Waals surface area contributed by atoms with Crippen LogP contribution < -0.4 is 5.32 Å². The van der Waals surface area contributed by atoms with E-state index in [9.17, 15) is 4.39 Å². The van der Waals surface area contributed by atoms with E-state index in [1.165, 1.54) is 25.3 Å². The molecule has 1 aromatic heterocycles. The first-order valence-electron chi connectivity index (χ1n) is 8.64. The van der Waals surface area contributed by atoms with E-state index >= 15 is 0 Å². The molecule has 25 heavy (non-hydrogen) atoms. The van der Waals surface area contributed by atoms with Crippen LogP contribution in [0.15, 0.2) is 41.0 Å². The molecule has 0 radical (unpaired) electrons. The number of benzene rings is 1. The molecule has 134 valence electrons. The Hall–Kier alpha value is -1.59. The van der Waals surface area contributed by atoms with Crippen molar-refractivity contribution in [1.82, 2.24) is 4.90 Å². The van der Waals surface area contributed by atoms with E-state index in [-0.39, 0.29) is 11.1 Å². The monoisotopic (exact) mass is 380 g/mol. The average Bonchev–Trinajstić information content (AvgIpc) is 3.14. The molecule has 1 saturated carbocycles. The van der Waals surface area contributed by atoms with Crippen molar-refractivity contribution in [2.75, 3.05) is 5.32 Å². The maximum absolute atomic E-state index is 13.4.